The second-order valence-corrected chi connectivity index (χ2v) is 6.63. The van der Waals surface area contributed by atoms with Crippen LogP contribution in [0.15, 0.2) is 30.3 Å². The first-order valence-electron chi connectivity index (χ1n) is 8.49. The summed E-state index contributed by atoms with van der Waals surface area (Å²) < 4.78 is 0. The molecule has 0 aromatic heterocycles. The van der Waals surface area contributed by atoms with Crippen molar-refractivity contribution >= 4 is 11.8 Å². The van der Waals surface area contributed by atoms with Crippen molar-refractivity contribution < 1.29 is 9.59 Å². The number of carbonyl (C=O) groups is 2. The van der Waals surface area contributed by atoms with Crippen molar-refractivity contribution in [1.29, 1.82) is 0 Å². The van der Waals surface area contributed by atoms with Crippen LogP contribution in [-0.2, 0) is 4.79 Å². The summed E-state index contributed by atoms with van der Waals surface area (Å²) in [4.78, 5) is 28.4. The van der Waals surface area contributed by atoms with Gasteiger partial charge in [0, 0.05) is 37.8 Å². The predicted octanol–water partition coefficient (Wildman–Crippen LogP) is 1.36. The summed E-state index contributed by atoms with van der Waals surface area (Å²) in [5, 5.41) is 3.09. The summed E-state index contributed by atoms with van der Waals surface area (Å²) in [7, 11) is 0. The normalized spacial score (nSPS) is 20.1. The average molecular weight is 315 g/mol. The number of nitrogens with one attached hydrogen (secondary N) is 1. The van der Waals surface area contributed by atoms with Crippen molar-refractivity contribution in [2.45, 2.75) is 25.8 Å². The maximum atomic E-state index is 12.4. The van der Waals surface area contributed by atoms with Crippen molar-refractivity contribution in [3.63, 3.8) is 0 Å². The molecule has 1 aliphatic carbocycles. The summed E-state index contributed by atoms with van der Waals surface area (Å²) in [5.41, 5.74) is 0.733. The van der Waals surface area contributed by atoms with Gasteiger partial charge in [-0.05, 0) is 37.8 Å². The van der Waals surface area contributed by atoms with Crippen LogP contribution >= 0.6 is 0 Å². The summed E-state index contributed by atoms with van der Waals surface area (Å²) >= 11 is 0. The Morgan fingerprint density at radius 1 is 1.13 bits per heavy atom. The highest BCUT2D eigenvalue weighted by Gasteiger charge is 2.29. The molecule has 1 aromatic rings. The quantitative estimate of drug-likeness (QED) is 0.892. The van der Waals surface area contributed by atoms with Crippen LogP contribution in [0.1, 0.15) is 30.1 Å². The Labute approximate surface area is 137 Å². The number of piperazine rings is 1. The largest absolute Gasteiger partial charge is 0.352 e. The minimum Gasteiger partial charge on any atom is -0.352 e. The molecule has 2 aliphatic rings. The van der Waals surface area contributed by atoms with E-state index < -0.39 is 0 Å². The number of rotatable bonds is 5. The van der Waals surface area contributed by atoms with Gasteiger partial charge in [0.25, 0.3) is 5.91 Å². The zero-order valence-electron chi connectivity index (χ0n) is 13.7. The highest BCUT2D eigenvalue weighted by Crippen LogP contribution is 2.32. The van der Waals surface area contributed by atoms with E-state index in [1.54, 1.807) is 0 Å². The van der Waals surface area contributed by atoms with Crippen LogP contribution in [0.5, 0.6) is 0 Å². The van der Waals surface area contributed by atoms with Gasteiger partial charge in [-0.25, -0.2) is 0 Å². The van der Waals surface area contributed by atoms with Gasteiger partial charge in [-0.2, -0.15) is 0 Å². The van der Waals surface area contributed by atoms with Crippen LogP contribution in [0.2, 0.25) is 0 Å². The molecule has 1 aliphatic heterocycles. The first-order valence-corrected chi connectivity index (χ1v) is 8.49. The van der Waals surface area contributed by atoms with Gasteiger partial charge in [-0.1, -0.05) is 18.2 Å². The molecule has 23 heavy (non-hydrogen) atoms. The zero-order valence-corrected chi connectivity index (χ0v) is 13.7. The molecular formula is C18H25N3O2. The van der Waals surface area contributed by atoms with E-state index in [1.165, 1.54) is 12.8 Å². The summed E-state index contributed by atoms with van der Waals surface area (Å²) in [6.07, 6.45) is 2.48. The molecule has 5 nitrogen and oxygen atoms in total. The molecule has 1 N–H and O–H groups in total. The molecule has 2 amide bonds. The van der Waals surface area contributed by atoms with Crippen molar-refractivity contribution in [1.82, 2.24) is 15.1 Å². The molecule has 0 spiro atoms. The fourth-order valence-electron chi connectivity index (χ4n) is 3.09. The van der Waals surface area contributed by atoms with Gasteiger partial charge < -0.3 is 10.2 Å². The second-order valence-electron chi connectivity index (χ2n) is 6.63. The van der Waals surface area contributed by atoms with Crippen LogP contribution in [0.3, 0.4) is 0 Å². The monoisotopic (exact) mass is 315 g/mol. The molecule has 2 fully saturated rings. The Kier molecular flexibility index (Phi) is 4.96. The third-order valence-electron chi connectivity index (χ3n) is 4.77. The third kappa shape index (κ3) is 4.32. The number of benzene rings is 1. The molecule has 0 radical (unpaired) electrons. The van der Waals surface area contributed by atoms with Gasteiger partial charge in [-0.3, -0.25) is 14.5 Å². The lowest BCUT2D eigenvalue weighted by Gasteiger charge is -2.34. The van der Waals surface area contributed by atoms with Gasteiger partial charge in [-0.15, -0.1) is 0 Å². The lowest BCUT2D eigenvalue weighted by molar-refractivity contribution is -0.123. The van der Waals surface area contributed by atoms with E-state index in [-0.39, 0.29) is 11.8 Å². The predicted molar refractivity (Wildman–Crippen MR) is 89.1 cm³/mol. The molecule has 3 rings (SSSR count). The van der Waals surface area contributed by atoms with Crippen LogP contribution < -0.4 is 5.32 Å². The lowest BCUT2D eigenvalue weighted by Crippen LogP contribution is -2.51. The second kappa shape index (κ2) is 7.13. The van der Waals surface area contributed by atoms with E-state index >= 15 is 0 Å². The molecule has 1 saturated heterocycles. The fourth-order valence-corrected chi connectivity index (χ4v) is 3.09. The lowest BCUT2D eigenvalue weighted by atomic mass is 10.2. The van der Waals surface area contributed by atoms with Crippen LogP contribution in [0, 0.1) is 5.92 Å². The summed E-state index contributed by atoms with van der Waals surface area (Å²) in [5.74, 6) is 0.864. The van der Waals surface area contributed by atoms with Gasteiger partial charge in [0.15, 0.2) is 0 Å². The highest BCUT2D eigenvalue weighted by atomic mass is 16.2. The van der Waals surface area contributed by atoms with Crippen LogP contribution in [0.25, 0.3) is 0 Å². The Balaban J connectivity index is 1.43. The van der Waals surface area contributed by atoms with Crippen molar-refractivity contribution in [2.75, 3.05) is 32.7 Å². The Bertz CT molecular complexity index is 549. The van der Waals surface area contributed by atoms with E-state index in [0.717, 1.165) is 18.7 Å². The molecule has 1 atom stereocenters. The zero-order chi connectivity index (χ0) is 16.2. The van der Waals surface area contributed by atoms with Crippen molar-refractivity contribution in [2.24, 2.45) is 5.92 Å². The minimum absolute atomic E-state index is 0.0806. The van der Waals surface area contributed by atoms with Gasteiger partial charge in [0.05, 0.1) is 6.54 Å². The first kappa shape index (κ1) is 16.0. The number of nitrogens with zero attached hydrogens (tertiary/aromatic N) is 2. The van der Waals surface area contributed by atoms with Gasteiger partial charge >= 0.3 is 0 Å². The molecule has 5 heteroatoms. The van der Waals surface area contributed by atoms with E-state index in [0.29, 0.717) is 31.6 Å². The molecule has 0 bridgehead atoms. The van der Waals surface area contributed by atoms with E-state index in [4.69, 9.17) is 0 Å². The Hall–Kier alpha value is -1.88. The smallest absolute Gasteiger partial charge is 0.253 e. The summed E-state index contributed by atoms with van der Waals surface area (Å²) in [6.45, 7) is 5.39. The average Bonchev–Trinajstić information content (AvgIpc) is 3.40. The fraction of sp³-hybridized carbons (Fsp3) is 0.556. The maximum Gasteiger partial charge on any atom is 0.253 e. The SMILES string of the molecule is CC(NC(=O)CN1CCN(C(=O)c2ccccc2)CC1)C1CC1. The van der Waals surface area contributed by atoms with E-state index in [9.17, 15) is 9.59 Å². The maximum absolute atomic E-state index is 12.4. The molecule has 1 unspecified atom stereocenters. The van der Waals surface area contributed by atoms with Gasteiger partial charge in [0.1, 0.15) is 0 Å². The van der Waals surface area contributed by atoms with Crippen molar-refractivity contribution in [3.05, 3.63) is 35.9 Å². The van der Waals surface area contributed by atoms with Crippen LogP contribution in [-0.4, -0.2) is 60.4 Å². The topological polar surface area (TPSA) is 52.7 Å². The number of carbonyl (C=O) groups excluding carboxylic acids is 2. The first-order chi connectivity index (χ1) is 11.1. The van der Waals surface area contributed by atoms with E-state index in [1.807, 2.05) is 35.2 Å². The molecule has 1 heterocycles. The Morgan fingerprint density at radius 2 is 1.78 bits per heavy atom. The van der Waals surface area contributed by atoms with Crippen molar-refractivity contribution in [3.8, 4) is 0 Å². The number of hydrogen-bond acceptors (Lipinski definition) is 3. The summed E-state index contributed by atoms with van der Waals surface area (Å²) in [6, 6.07) is 9.67. The molecular weight excluding hydrogens is 290 g/mol. The van der Waals surface area contributed by atoms with Gasteiger partial charge in [0.2, 0.25) is 5.91 Å². The highest BCUT2D eigenvalue weighted by molar-refractivity contribution is 5.94. The van der Waals surface area contributed by atoms with E-state index in [2.05, 4.69) is 17.1 Å². The molecule has 1 aromatic carbocycles. The standard InChI is InChI=1S/C18H25N3O2/c1-14(15-7-8-15)19-17(22)13-20-9-11-21(12-10-20)18(23)16-5-3-2-4-6-16/h2-6,14-15H,7-13H2,1H3,(H,19,22). The van der Waals surface area contributed by atoms with Crippen LogP contribution in [0.4, 0.5) is 0 Å². The third-order valence-corrected chi connectivity index (χ3v) is 4.77. The molecule has 124 valence electrons. The molecule has 1 saturated carbocycles. The number of amides is 2. The number of hydrogen-bond donors (Lipinski definition) is 1. The minimum atomic E-state index is 0.0806. The Morgan fingerprint density at radius 3 is 2.39 bits per heavy atom.